The minimum absolute atomic E-state index is 0.117. The third-order valence-corrected chi connectivity index (χ3v) is 2.89. The van der Waals surface area contributed by atoms with Gasteiger partial charge in [-0.2, -0.15) is 0 Å². The van der Waals surface area contributed by atoms with E-state index >= 15 is 0 Å². The van der Waals surface area contributed by atoms with E-state index in [1.54, 1.807) is 42.6 Å². The molecule has 2 aromatic rings. The monoisotopic (exact) mass is 277 g/mol. The van der Waals surface area contributed by atoms with Gasteiger partial charge in [-0.15, -0.1) is 0 Å². The molecule has 0 aliphatic heterocycles. The summed E-state index contributed by atoms with van der Waals surface area (Å²) in [5, 5.41) is 1.08. The maximum Gasteiger partial charge on any atom is 0.187 e. The molecule has 0 N–H and O–H groups in total. The summed E-state index contributed by atoms with van der Waals surface area (Å²) in [6.45, 7) is 0. The van der Waals surface area contributed by atoms with Crippen molar-refractivity contribution in [2.45, 2.75) is 0 Å². The van der Waals surface area contributed by atoms with Crippen LogP contribution in [0.25, 0.3) is 6.08 Å². The number of nitrogens with zero attached hydrogens (tertiary/aromatic N) is 1. The van der Waals surface area contributed by atoms with Crippen molar-refractivity contribution in [2.24, 2.45) is 0 Å². The molecule has 4 heteroatoms. The molecule has 1 aromatic heterocycles. The predicted octanol–water partition coefficient (Wildman–Crippen LogP) is 4.28. The number of pyridine rings is 1. The number of carbonyl (C=O) groups excluding carboxylic acids is 1. The van der Waals surface area contributed by atoms with E-state index in [-0.39, 0.29) is 5.78 Å². The molecule has 0 amide bonds. The number of halogens is 2. The molecule has 2 nitrogen and oxygen atoms in total. The predicted molar refractivity (Wildman–Crippen MR) is 74.1 cm³/mol. The van der Waals surface area contributed by atoms with E-state index in [9.17, 15) is 4.79 Å². The molecule has 0 fully saturated rings. The number of aromatic nitrogens is 1. The number of hydrogen-bond donors (Lipinski definition) is 0. The van der Waals surface area contributed by atoms with Gasteiger partial charge in [0.25, 0.3) is 0 Å². The summed E-state index contributed by atoms with van der Waals surface area (Å²) in [5.41, 5.74) is 1.29. The van der Waals surface area contributed by atoms with E-state index in [2.05, 4.69) is 4.98 Å². The molecule has 0 aliphatic carbocycles. The minimum Gasteiger partial charge on any atom is -0.289 e. The fraction of sp³-hybridized carbons (Fsp3) is 0. The van der Waals surface area contributed by atoms with Crippen LogP contribution in [0.4, 0.5) is 0 Å². The molecular weight excluding hydrogens is 269 g/mol. The standard InChI is InChI=1S/C14H9Cl2NO/c15-12-5-3-10(13(16)8-12)4-6-14(18)11-2-1-7-17-9-11/h1-9H/b6-4+. The lowest BCUT2D eigenvalue weighted by Crippen LogP contribution is -1.94. The van der Waals surface area contributed by atoms with Crippen molar-refractivity contribution < 1.29 is 4.79 Å². The third-order valence-electron chi connectivity index (χ3n) is 2.32. The zero-order valence-electron chi connectivity index (χ0n) is 9.31. The van der Waals surface area contributed by atoms with Gasteiger partial charge in [0.2, 0.25) is 0 Å². The molecule has 2 rings (SSSR count). The van der Waals surface area contributed by atoms with E-state index in [1.165, 1.54) is 12.3 Å². The highest BCUT2D eigenvalue weighted by atomic mass is 35.5. The molecular formula is C14H9Cl2NO. The first-order valence-electron chi connectivity index (χ1n) is 5.24. The second-order valence-corrected chi connectivity index (χ2v) is 4.45. The maximum atomic E-state index is 11.8. The van der Waals surface area contributed by atoms with Crippen molar-refractivity contribution in [3.05, 3.63) is 70.0 Å². The summed E-state index contributed by atoms with van der Waals surface area (Å²) in [4.78, 5) is 15.7. The maximum absolute atomic E-state index is 11.8. The zero-order valence-corrected chi connectivity index (χ0v) is 10.8. The Morgan fingerprint density at radius 3 is 2.72 bits per heavy atom. The first kappa shape index (κ1) is 12.8. The van der Waals surface area contributed by atoms with Crippen LogP contribution in [0.1, 0.15) is 15.9 Å². The summed E-state index contributed by atoms with van der Waals surface area (Å²) < 4.78 is 0. The molecule has 0 aliphatic rings. The summed E-state index contributed by atoms with van der Waals surface area (Å²) in [5.74, 6) is -0.117. The zero-order chi connectivity index (χ0) is 13.0. The van der Waals surface area contributed by atoms with Crippen LogP contribution in [0.2, 0.25) is 10.0 Å². The normalized spacial score (nSPS) is 10.8. The Hall–Kier alpha value is -1.64. The third kappa shape index (κ3) is 3.19. The first-order valence-corrected chi connectivity index (χ1v) is 6.00. The quantitative estimate of drug-likeness (QED) is 0.619. The van der Waals surface area contributed by atoms with E-state index in [4.69, 9.17) is 23.2 Å². The van der Waals surface area contributed by atoms with Crippen molar-refractivity contribution in [1.29, 1.82) is 0 Å². The smallest absolute Gasteiger partial charge is 0.187 e. The molecule has 0 unspecified atom stereocenters. The van der Waals surface area contributed by atoms with E-state index in [0.29, 0.717) is 15.6 Å². The van der Waals surface area contributed by atoms with Gasteiger partial charge < -0.3 is 0 Å². The van der Waals surface area contributed by atoms with Crippen LogP contribution in [0.3, 0.4) is 0 Å². The Morgan fingerprint density at radius 2 is 2.06 bits per heavy atom. The molecule has 18 heavy (non-hydrogen) atoms. The highest BCUT2D eigenvalue weighted by Crippen LogP contribution is 2.22. The number of hydrogen-bond acceptors (Lipinski definition) is 2. The molecule has 0 saturated carbocycles. The summed E-state index contributed by atoms with van der Waals surface area (Å²) >= 11 is 11.8. The van der Waals surface area contributed by atoms with Gasteiger partial charge in [0.1, 0.15) is 0 Å². The van der Waals surface area contributed by atoms with Crippen LogP contribution in [-0.4, -0.2) is 10.8 Å². The van der Waals surface area contributed by atoms with Crippen molar-refractivity contribution in [2.75, 3.05) is 0 Å². The number of ketones is 1. The minimum atomic E-state index is -0.117. The molecule has 0 saturated heterocycles. The van der Waals surface area contributed by atoms with Crippen molar-refractivity contribution in [3.8, 4) is 0 Å². The largest absolute Gasteiger partial charge is 0.289 e. The van der Waals surface area contributed by atoms with Gasteiger partial charge in [-0.05, 0) is 42.0 Å². The summed E-state index contributed by atoms with van der Waals surface area (Å²) in [6.07, 6.45) is 6.27. The number of carbonyl (C=O) groups is 1. The second-order valence-electron chi connectivity index (χ2n) is 3.61. The number of rotatable bonds is 3. The number of allylic oxidation sites excluding steroid dienone is 1. The molecule has 0 radical (unpaired) electrons. The van der Waals surface area contributed by atoms with Gasteiger partial charge in [0.05, 0.1) is 0 Å². The summed E-state index contributed by atoms with van der Waals surface area (Å²) in [7, 11) is 0. The average Bonchev–Trinajstić information content (AvgIpc) is 2.38. The fourth-order valence-electron chi connectivity index (χ4n) is 1.41. The van der Waals surface area contributed by atoms with E-state index in [1.807, 2.05) is 0 Å². The second kappa shape index (κ2) is 5.80. The van der Waals surface area contributed by atoms with Crippen LogP contribution in [-0.2, 0) is 0 Å². The first-order chi connectivity index (χ1) is 8.66. The van der Waals surface area contributed by atoms with Crippen LogP contribution in [0.15, 0.2) is 48.8 Å². The number of benzene rings is 1. The Labute approximate surface area is 115 Å². The van der Waals surface area contributed by atoms with Gasteiger partial charge in [-0.1, -0.05) is 29.3 Å². The van der Waals surface area contributed by atoms with E-state index in [0.717, 1.165) is 5.56 Å². The molecule has 0 atom stereocenters. The molecule has 1 aromatic carbocycles. The lowest BCUT2D eigenvalue weighted by Gasteiger charge is -1.98. The Balaban J connectivity index is 2.19. The topological polar surface area (TPSA) is 30.0 Å². The van der Waals surface area contributed by atoms with Gasteiger partial charge in [0.15, 0.2) is 5.78 Å². The van der Waals surface area contributed by atoms with Gasteiger partial charge in [-0.3, -0.25) is 9.78 Å². The highest BCUT2D eigenvalue weighted by molar-refractivity contribution is 6.35. The van der Waals surface area contributed by atoms with Crippen LogP contribution in [0.5, 0.6) is 0 Å². The molecule has 90 valence electrons. The molecule has 0 spiro atoms. The fourth-order valence-corrected chi connectivity index (χ4v) is 1.88. The van der Waals surface area contributed by atoms with Crippen molar-refractivity contribution in [3.63, 3.8) is 0 Å². The van der Waals surface area contributed by atoms with Crippen LogP contribution in [0, 0.1) is 0 Å². The molecule has 0 bridgehead atoms. The van der Waals surface area contributed by atoms with Crippen LogP contribution >= 0.6 is 23.2 Å². The van der Waals surface area contributed by atoms with Crippen LogP contribution < -0.4 is 0 Å². The van der Waals surface area contributed by atoms with E-state index < -0.39 is 0 Å². The Bertz CT molecular complexity index is 594. The highest BCUT2D eigenvalue weighted by Gasteiger charge is 2.02. The van der Waals surface area contributed by atoms with Crippen molar-refractivity contribution in [1.82, 2.24) is 4.98 Å². The van der Waals surface area contributed by atoms with Crippen molar-refractivity contribution >= 4 is 35.1 Å². The molecule has 1 heterocycles. The van der Waals surface area contributed by atoms with Gasteiger partial charge in [0, 0.05) is 28.0 Å². The lowest BCUT2D eigenvalue weighted by atomic mass is 10.1. The lowest BCUT2D eigenvalue weighted by molar-refractivity contribution is 0.104. The Kier molecular flexibility index (Phi) is 4.13. The van der Waals surface area contributed by atoms with Gasteiger partial charge in [-0.25, -0.2) is 0 Å². The Morgan fingerprint density at radius 1 is 1.22 bits per heavy atom. The van der Waals surface area contributed by atoms with Gasteiger partial charge >= 0.3 is 0 Å². The average molecular weight is 278 g/mol. The SMILES string of the molecule is O=C(/C=C/c1ccc(Cl)cc1Cl)c1cccnc1. The summed E-state index contributed by atoms with van der Waals surface area (Å²) in [6, 6.07) is 8.55.